The highest BCUT2D eigenvalue weighted by molar-refractivity contribution is 7.89. The lowest BCUT2D eigenvalue weighted by molar-refractivity contribution is 0.102. The van der Waals surface area contributed by atoms with Crippen molar-refractivity contribution in [1.29, 1.82) is 0 Å². The molecule has 0 aliphatic carbocycles. The highest BCUT2D eigenvalue weighted by Gasteiger charge is 2.25. The number of carbonyl (C=O) groups excluding carboxylic acids is 1. The van der Waals surface area contributed by atoms with Crippen LogP contribution in [0.5, 0.6) is 0 Å². The van der Waals surface area contributed by atoms with Crippen LogP contribution in [0.2, 0.25) is 0 Å². The predicted octanol–water partition coefficient (Wildman–Crippen LogP) is 2.63. The molecule has 172 valence electrons. The van der Waals surface area contributed by atoms with E-state index < -0.39 is 10.0 Å². The molecule has 4 rings (SSSR count). The molecule has 1 N–H and O–H groups in total. The first-order valence-electron chi connectivity index (χ1n) is 10.9. The first kappa shape index (κ1) is 22.6. The number of morpholine rings is 1. The van der Waals surface area contributed by atoms with Gasteiger partial charge in [0.2, 0.25) is 10.0 Å². The van der Waals surface area contributed by atoms with E-state index in [1.807, 2.05) is 24.3 Å². The lowest BCUT2D eigenvalue weighted by atomic mass is 10.1. The molecule has 0 atom stereocenters. The number of hydrogen-bond acceptors (Lipinski definition) is 6. The number of hydrogen-bond donors (Lipinski definition) is 1. The molecular weight excluding hydrogens is 428 g/mol. The molecule has 0 unspecified atom stereocenters. The maximum atomic E-state index is 13.3. The lowest BCUT2D eigenvalue weighted by Crippen LogP contribution is -2.36. The van der Waals surface area contributed by atoms with Crippen molar-refractivity contribution < 1.29 is 17.9 Å². The predicted molar refractivity (Wildman–Crippen MR) is 126 cm³/mol. The van der Waals surface area contributed by atoms with Crippen LogP contribution in [0.4, 0.5) is 17.1 Å². The Hall–Kier alpha value is -2.62. The number of amides is 1. The van der Waals surface area contributed by atoms with Crippen molar-refractivity contribution >= 4 is 33.0 Å². The summed E-state index contributed by atoms with van der Waals surface area (Å²) in [5.41, 5.74) is 2.83. The van der Waals surface area contributed by atoms with Gasteiger partial charge in [-0.25, -0.2) is 12.7 Å². The van der Waals surface area contributed by atoms with Crippen LogP contribution in [0.3, 0.4) is 0 Å². The average Bonchev–Trinajstić information content (AvgIpc) is 3.34. The third-order valence-electron chi connectivity index (χ3n) is 5.92. The van der Waals surface area contributed by atoms with Gasteiger partial charge < -0.3 is 19.9 Å². The van der Waals surface area contributed by atoms with Crippen LogP contribution in [0.15, 0.2) is 47.4 Å². The minimum Gasteiger partial charge on any atom is -0.378 e. The van der Waals surface area contributed by atoms with Crippen LogP contribution in [0, 0.1) is 0 Å². The minimum atomic E-state index is -3.65. The molecule has 2 aliphatic heterocycles. The summed E-state index contributed by atoms with van der Waals surface area (Å²) >= 11 is 0. The minimum absolute atomic E-state index is 0.109. The third kappa shape index (κ3) is 4.74. The summed E-state index contributed by atoms with van der Waals surface area (Å²) in [4.78, 5) is 17.8. The zero-order valence-corrected chi connectivity index (χ0v) is 19.4. The second kappa shape index (κ2) is 9.48. The third-order valence-corrected chi connectivity index (χ3v) is 7.73. The Morgan fingerprint density at radius 3 is 2.38 bits per heavy atom. The number of ether oxygens (including phenoxy) is 1. The second-order valence-corrected chi connectivity index (χ2v) is 10.4. The van der Waals surface area contributed by atoms with Gasteiger partial charge in [-0.05, 0) is 49.2 Å². The summed E-state index contributed by atoms with van der Waals surface area (Å²) in [5, 5.41) is 2.98. The van der Waals surface area contributed by atoms with Gasteiger partial charge in [0.1, 0.15) is 0 Å². The van der Waals surface area contributed by atoms with Crippen LogP contribution >= 0.6 is 0 Å². The number of anilines is 3. The molecule has 2 aromatic rings. The van der Waals surface area contributed by atoms with E-state index in [9.17, 15) is 13.2 Å². The molecule has 32 heavy (non-hydrogen) atoms. The highest BCUT2D eigenvalue weighted by Crippen LogP contribution is 2.29. The van der Waals surface area contributed by atoms with E-state index in [0.717, 1.165) is 54.7 Å². The van der Waals surface area contributed by atoms with Crippen molar-refractivity contribution in [2.24, 2.45) is 0 Å². The number of benzene rings is 2. The monoisotopic (exact) mass is 458 g/mol. The van der Waals surface area contributed by atoms with Gasteiger partial charge in [0.25, 0.3) is 5.91 Å². The van der Waals surface area contributed by atoms with Gasteiger partial charge in [-0.1, -0.05) is 6.07 Å². The molecule has 2 fully saturated rings. The van der Waals surface area contributed by atoms with E-state index >= 15 is 0 Å². The van der Waals surface area contributed by atoms with Gasteiger partial charge in [-0.2, -0.15) is 0 Å². The molecule has 2 aromatic carbocycles. The summed E-state index contributed by atoms with van der Waals surface area (Å²) in [6.45, 7) is 4.69. The summed E-state index contributed by atoms with van der Waals surface area (Å²) in [7, 11) is -0.678. The number of carbonyl (C=O) groups is 1. The van der Waals surface area contributed by atoms with Crippen molar-refractivity contribution in [3.8, 4) is 0 Å². The van der Waals surface area contributed by atoms with Crippen LogP contribution < -0.4 is 15.1 Å². The number of nitrogens with zero attached hydrogens (tertiary/aromatic N) is 3. The molecule has 2 aliphatic rings. The van der Waals surface area contributed by atoms with Crippen molar-refractivity contribution in [2.75, 3.05) is 68.6 Å². The maximum Gasteiger partial charge on any atom is 0.257 e. The fourth-order valence-electron chi connectivity index (χ4n) is 4.10. The normalized spacial score (nSPS) is 17.1. The fourth-order valence-corrected chi connectivity index (χ4v) is 5.03. The first-order chi connectivity index (χ1) is 15.4. The Kier molecular flexibility index (Phi) is 6.68. The van der Waals surface area contributed by atoms with E-state index in [2.05, 4.69) is 15.1 Å². The van der Waals surface area contributed by atoms with E-state index in [1.54, 1.807) is 12.1 Å². The molecule has 1 amide bonds. The summed E-state index contributed by atoms with van der Waals surface area (Å²) in [5.74, 6) is -0.318. The molecule has 0 bridgehead atoms. The topological polar surface area (TPSA) is 82.2 Å². The molecule has 8 nitrogen and oxygen atoms in total. The standard InChI is InChI=1S/C23H30N4O4S/c1-25(2)32(29,30)20-8-9-22(27-10-3-4-11-27)21(17-20)23(28)24-18-6-5-7-19(16-18)26-12-14-31-15-13-26/h5-9,16-17H,3-4,10-15H2,1-2H3,(H,24,28). The van der Waals surface area contributed by atoms with Crippen LogP contribution in [-0.4, -0.2) is 72.1 Å². The molecular formula is C23H30N4O4S. The highest BCUT2D eigenvalue weighted by atomic mass is 32.2. The first-order valence-corrected chi connectivity index (χ1v) is 12.4. The Morgan fingerprint density at radius 1 is 0.969 bits per heavy atom. The van der Waals surface area contributed by atoms with E-state index in [0.29, 0.717) is 24.5 Å². The van der Waals surface area contributed by atoms with Gasteiger partial charge in [0, 0.05) is 57.3 Å². The molecule has 2 heterocycles. The molecule has 2 saturated heterocycles. The van der Waals surface area contributed by atoms with E-state index in [4.69, 9.17) is 4.74 Å². The van der Waals surface area contributed by atoms with Gasteiger partial charge in [-0.3, -0.25) is 4.79 Å². The quantitative estimate of drug-likeness (QED) is 0.717. The largest absolute Gasteiger partial charge is 0.378 e. The van der Waals surface area contributed by atoms with Crippen molar-refractivity contribution in [1.82, 2.24) is 4.31 Å². The maximum absolute atomic E-state index is 13.3. The van der Waals surface area contributed by atoms with E-state index in [-0.39, 0.29) is 10.8 Å². The smallest absolute Gasteiger partial charge is 0.257 e. The summed E-state index contributed by atoms with van der Waals surface area (Å²) in [6.07, 6.45) is 2.11. The summed E-state index contributed by atoms with van der Waals surface area (Å²) in [6, 6.07) is 12.5. The molecule has 0 spiro atoms. The Morgan fingerprint density at radius 2 is 1.69 bits per heavy atom. The SMILES string of the molecule is CN(C)S(=O)(=O)c1ccc(N2CCCC2)c(C(=O)Nc2cccc(N3CCOCC3)c2)c1. The Balaban J connectivity index is 1.64. The molecule has 0 saturated carbocycles. The number of rotatable bonds is 6. The van der Waals surface area contributed by atoms with Crippen molar-refractivity contribution in [2.45, 2.75) is 17.7 Å². The van der Waals surface area contributed by atoms with Crippen LogP contribution in [-0.2, 0) is 14.8 Å². The van der Waals surface area contributed by atoms with Crippen molar-refractivity contribution in [3.63, 3.8) is 0 Å². The lowest BCUT2D eigenvalue weighted by Gasteiger charge is -2.29. The van der Waals surface area contributed by atoms with Crippen molar-refractivity contribution in [3.05, 3.63) is 48.0 Å². The zero-order valence-electron chi connectivity index (χ0n) is 18.6. The van der Waals surface area contributed by atoms with Gasteiger partial charge in [-0.15, -0.1) is 0 Å². The van der Waals surface area contributed by atoms with Gasteiger partial charge in [0.05, 0.1) is 23.7 Å². The Labute approximate surface area is 189 Å². The molecule has 0 aromatic heterocycles. The number of nitrogens with one attached hydrogen (secondary N) is 1. The van der Waals surface area contributed by atoms with Gasteiger partial charge >= 0.3 is 0 Å². The zero-order chi connectivity index (χ0) is 22.7. The van der Waals surface area contributed by atoms with Crippen LogP contribution in [0.25, 0.3) is 0 Å². The average molecular weight is 459 g/mol. The second-order valence-electron chi connectivity index (χ2n) is 8.26. The van der Waals surface area contributed by atoms with Crippen LogP contribution in [0.1, 0.15) is 23.2 Å². The summed E-state index contributed by atoms with van der Waals surface area (Å²) < 4.78 is 31.9. The molecule has 9 heteroatoms. The fraction of sp³-hybridized carbons (Fsp3) is 0.435. The molecule has 0 radical (unpaired) electrons. The number of sulfonamides is 1. The Bertz CT molecular complexity index is 1080. The van der Waals surface area contributed by atoms with E-state index in [1.165, 1.54) is 20.2 Å². The van der Waals surface area contributed by atoms with Gasteiger partial charge in [0.15, 0.2) is 0 Å².